The fourth-order valence-electron chi connectivity index (χ4n) is 1.60. The first-order valence-electron chi connectivity index (χ1n) is 3.93. The van der Waals surface area contributed by atoms with Crippen LogP contribution in [0.1, 0.15) is 34.1 Å². The molecule has 0 radical (unpaired) electrons. The van der Waals surface area contributed by atoms with Gasteiger partial charge in [-0.2, -0.15) is 0 Å². The van der Waals surface area contributed by atoms with Crippen LogP contribution in [-0.4, -0.2) is 5.78 Å². The molecule has 2 unspecified atom stereocenters. The van der Waals surface area contributed by atoms with Crippen molar-refractivity contribution in [2.75, 3.05) is 0 Å². The van der Waals surface area contributed by atoms with E-state index in [-0.39, 0.29) is 0 Å². The SMILES string of the molecule is CC(=O)C1CC1C(C)(C)C. The molecule has 1 aliphatic carbocycles. The number of hydrogen-bond acceptors (Lipinski definition) is 1. The minimum Gasteiger partial charge on any atom is -0.300 e. The predicted molar refractivity (Wildman–Crippen MR) is 41.7 cm³/mol. The molecule has 58 valence electrons. The third-order valence-corrected chi connectivity index (χ3v) is 2.42. The van der Waals surface area contributed by atoms with Gasteiger partial charge in [0.15, 0.2) is 0 Å². The molecular weight excluding hydrogens is 124 g/mol. The van der Waals surface area contributed by atoms with Gasteiger partial charge in [-0.15, -0.1) is 0 Å². The van der Waals surface area contributed by atoms with Crippen molar-refractivity contribution in [3.63, 3.8) is 0 Å². The Labute approximate surface area is 62.8 Å². The molecule has 0 heterocycles. The summed E-state index contributed by atoms with van der Waals surface area (Å²) in [4.78, 5) is 10.9. The third-order valence-electron chi connectivity index (χ3n) is 2.42. The second kappa shape index (κ2) is 2.08. The van der Waals surface area contributed by atoms with Gasteiger partial charge in [-0.25, -0.2) is 0 Å². The first kappa shape index (κ1) is 7.77. The summed E-state index contributed by atoms with van der Waals surface area (Å²) < 4.78 is 0. The van der Waals surface area contributed by atoms with Crippen LogP contribution in [0.2, 0.25) is 0 Å². The third kappa shape index (κ3) is 1.39. The monoisotopic (exact) mass is 140 g/mol. The van der Waals surface area contributed by atoms with Crippen molar-refractivity contribution in [2.24, 2.45) is 17.3 Å². The van der Waals surface area contributed by atoms with Crippen LogP contribution >= 0.6 is 0 Å². The zero-order valence-electron chi connectivity index (χ0n) is 7.27. The number of rotatable bonds is 1. The summed E-state index contributed by atoms with van der Waals surface area (Å²) in [5, 5.41) is 0. The van der Waals surface area contributed by atoms with Crippen LogP contribution in [0, 0.1) is 17.3 Å². The minimum atomic E-state index is 0.344. The molecule has 0 spiro atoms. The Morgan fingerprint density at radius 1 is 1.40 bits per heavy atom. The lowest BCUT2D eigenvalue weighted by molar-refractivity contribution is -0.118. The molecule has 0 amide bonds. The second-order valence-electron chi connectivity index (χ2n) is 4.43. The van der Waals surface area contributed by atoms with Crippen LogP contribution in [0.3, 0.4) is 0 Å². The van der Waals surface area contributed by atoms with Crippen LogP contribution < -0.4 is 0 Å². The van der Waals surface area contributed by atoms with E-state index in [9.17, 15) is 4.79 Å². The number of Topliss-reactive ketones (excluding diaryl/α,β-unsaturated/α-hetero) is 1. The molecule has 1 aliphatic rings. The standard InChI is InChI=1S/C9H16O/c1-6(10)7-5-8(7)9(2,3)4/h7-8H,5H2,1-4H3. The van der Waals surface area contributed by atoms with Crippen LogP contribution in [0.25, 0.3) is 0 Å². The highest BCUT2D eigenvalue weighted by molar-refractivity contribution is 5.81. The lowest BCUT2D eigenvalue weighted by Gasteiger charge is -2.17. The van der Waals surface area contributed by atoms with Crippen molar-refractivity contribution < 1.29 is 4.79 Å². The smallest absolute Gasteiger partial charge is 0.133 e. The molecule has 0 aromatic carbocycles. The van der Waals surface area contributed by atoms with Crippen LogP contribution in [0.4, 0.5) is 0 Å². The van der Waals surface area contributed by atoms with Gasteiger partial charge in [0.25, 0.3) is 0 Å². The molecule has 1 fully saturated rings. The summed E-state index contributed by atoms with van der Waals surface area (Å²) in [6, 6.07) is 0. The molecule has 0 N–H and O–H groups in total. The zero-order chi connectivity index (χ0) is 7.94. The van der Waals surface area contributed by atoms with Gasteiger partial charge in [-0.05, 0) is 24.7 Å². The van der Waals surface area contributed by atoms with E-state index in [1.54, 1.807) is 6.92 Å². The van der Waals surface area contributed by atoms with Gasteiger partial charge in [0, 0.05) is 5.92 Å². The molecule has 0 aliphatic heterocycles. The van der Waals surface area contributed by atoms with E-state index in [4.69, 9.17) is 0 Å². The number of hydrogen-bond donors (Lipinski definition) is 0. The van der Waals surface area contributed by atoms with Crippen LogP contribution in [0.5, 0.6) is 0 Å². The maximum Gasteiger partial charge on any atom is 0.133 e. The van der Waals surface area contributed by atoms with Gasteiger partial charge >= 0.3 is 0 Å². The molecule has 2 atom stereocenters. The highest BCUT2D eigenvalue weighted by Crippen LogP contribution is 2.50. The van der Waals surface area contributed by atoms with Gasteiger partial charge in [0.2, 0.25) is 0 Å². The lowest BCUT2D eigenvalue weighted by Crippen LogP contribution is -2.11. The number of ketones is 1. The molecule has 0 saturated heterocycles. The van der Waals surface area contributed by atoms with E-state index < -0.39 is 0 Å². The van der Waals surface area contributed by atoms with Crippen molar-refractivity contribution >= 4 is 5.78 Å². The normalized spacial score (nSPS) is 32.0. The van der Waals surface area contributed by atoms with Gasteiger partial charge in [-0.1, -0.05) is 20.8 Å². The van der Waals surface area contributed by atoms with Crippen molar-refractivity contribution in [3.05, 3.63) is 0 Å². The van der Waals surface area contributed by atoms with E-state index >= 15 is 0 Å². The molecule has 1 nitrogen and oxygen atoms in total. The minimum absolute atomic E-state index is 0.344. The van der Waals surface area contributed by atoms with Crippen molar-refractivity contribution in [3.8, 4) is 0 Å². The molecule has 1 rings (SSSR count). The maximum atomic E-state index is 10.9. The summed E-state index contributed by atoms with van der Waals surface area (Å²) in [6.07, 6.45) is 1.12. The van der Waals surface area contributed by atoms with E-state index in [0.29, 0.717) is 23.0 Å². The molecule has 1 saturated carbocycles. The Morgan fingerprint density at radius 3 is 2.00 bits per heavy atom. The molecule has 0 bridgehead atoms. The summed E-state index contributed by atoms with van der Waals surface area (Å²) >= 11 is 0. The van der Waals surface area contributed by atoms with Gasteiger partial charge < -0.3 is 0 Å². The Bertz CT molecular complexity index is 153. The van der Waals surface area contributed by atoms with E-state index in [0.717, 1.165) is 6.42 Å². The zero-order valence-corrected chi connectivity index (χ0v) is 7.27. The number of carbonyl (C=O) groups excluding carboxylic acids is 1. The highest BCUT2D eigenvalue weighted by atomic mass is 16.1. The summed E-state index contributed by atoms with van der Waals surface area (Å²) in [5.74, 6) is 1.42. The molecule has 0 aromatic heterocycles. The van der Waals surface area contributed by atoms with E-state index in [1.807, 2.05) is 0 Å². The van der Waals surface area contributed by atoms with Gasteiger partial charge in [0.05, 0.1) is 0 Å². The van der Waals surface area contributed by atoms with Gasteiger partial charge in [0.1, 0.15) is 5.78 Å². The summed E-state index contributed by atoms with van der Waals surface area (Å²) in [6.45, 7) is 8.33. The largest absolute Gasteiger partial charge is 0.300 e. The fourth-order valence-corrected chi connectivity index (χ4v) is 1.60. The quantitative estimate of drug-likeness (QED) is 0.546. The first-order valence-corrected chi connectivity index (χ1v) is 3.93. The molecule has 10 heavy (non-hydrogen) atoms. The topological polar surface area (TPSA) is 17.1 Å². The van der Waals surface area contributed by atoms with E-state index in [1.165, 1.54) is 0 Å². The molecule has 0 aromatic rings. The van der Waals surface area contributed by atoms with Crippen molar-refractivity contribution in [1.82, 2.24) is 0 Å². The second-order valence-corrected chi connectivity index (χ2v) is 4.43. The molecular formula is C9H16O. The predicted octanol–water partition coefficient (Wildman–Crippen LogP) is 2.26. The van der Waals surface area contributed by atoms with Crippen molar-refractivity contribution in [1.29, 1.82) is 0 Å². The van der Waals surface area contributed by atoms with Gasteiger partial charge in [-0.3, -0.25) is 4.79 Å². The average Bonchev–Trinajstić information content (AvgIpc) is 2.35. The summed E-state index contributed by atoms with van der Waals surface area (Å²) in [7, 11) is 0. The Hall–Kier alpha value is -0.330. The van der Waals surface area contributed by atoms with E-state index in [2.05, 4.69) is 20.8 Å². The Morgan fingerprint density at radius 2 is 1.90 bits per heavy atom. The maximum absolute atomic E-state index is 10.9. The molecule has 1 heteroatoms. The Kier molecular flexibility index (Phi) is 1.61. The lowest BCUT2D eigenvalue weighted by atomic mass is 9.88. The fraction of sp³-hybridized carbons (Fsp3) is 0.889. The van der Waals surface area contributed by atoms with Crippen LogP contribution in [0.15, 0.2) is 0 Å². The summed E-state index contributed by atoms with van der Waals surface area (Å²) in [5.41, 5.74) is 0.344. The Balaban J connectivity index is 2.46. The van der Waals surface area contributed by atoms with Crippen molar-refractivity contribution in [2.45, 2.75) is 34.1 Å². The highest BCUT2D eigenvalue weighted by Gasteiger charge is 2.47. The first-order chi connectivity index (χ1) is 4.43. The number of carbonyl (C=O) groups is 1. The van der Waals surface area contributed by atoms with Crippen LogP contribution in [-0.2, 0) is 4.79 Å². The average molecular weight is 140 g/mol.